The van der Waals surface area contributed by atoms with Crippen molar-refractivity contribution in [2.24, 2.45) is 0 Å². The average Bonchev–Trinajstić information content (AvgIpc) is 2.41. The van der Waals surface area contributed by atoms with Crippen molar-refractivity contribution in [2.45, 2.75) is 32.7 Å². The minimum atomic E-state index is 0.0221. The molecule has 0 saturated carbocycles. The van der Waals surface area contributed by atoms with Crippen LogP contribution in [0, 0.1) is 0 Å². The van der Waals surface area contributed by atoms with E-state index >= 15 is 0 Å². The number of ether oxygens (including phenoxy) is 1. The molecule has 2 rings (SSSR count). The molecular formula is C15H19NO3. The Morgan fingerprint density at radius 3 is 2.79 bits per heavy atom. The summed E-state index contributed by atoms with van der Waals surface area (Å²) in [5.74, 6) is 0.929. The van der Waals surface area contributed by atoms with Gasteiger partial charge in [-0.1, -0.05) is 0 Å². The van der Waals surface area contributed by atoms with E-state index in [1.807, 2.05) is 11.0 Å². The van der Waals surface area contributed by atoms with Crippen LogP contribution >= 0.6 is 0 Å². The Hall–Kier alpha value is -1.84. The van der Waals surface area contributed by atoms with Crippen molar-refractivity contribution in [3.8, 4) is 5.75 Å². The van der Waals surface area contributed by atoms with Crippen LogP contribution < -0.4 is 4.74 Å². The number of nitrogens with zero attached hydrogens (tertiary/aromatic N) is 1. The predicted octanol–water partition coefficient (Wildman–Crippen LogP) is 2.41. The number of piperidine rings is 1. The van der Waals surface area contributed by atoms with E-state index in [4.69, 9.17) is 4.74 Å². The van der Waals surface area contributed by atoms with Crippen LogP contribution in [-0.4, -0.2) is 30.2 Å². The lowest BCUT2D eigenvalue weighted by Crippen LogP contribution is -2.34. The van der Waals surface area contributed by atoms with Crippen LogP contribution in [0.15, 0.2) is 18.2 Å². The molecule has 0 radical (unpaired) electrons. The van der Waals surface area contributed by atoms with Crippen LogP contribution in [0.5, 0.6) is 5.75 Å². The molecule has 1 heterocycles. The van der Waals surface area contributed by atoms with Crippen molar-refractivity contribution in [1.29, 1.82) is 0 Å². The van der Waals surface area contributed by atoms with E-state index in [2.05, 4.69) is 0 Å². The van der Waals surface area contributed by atoms with Crippen LogP contribution in [0.25, 0.3) is 0 Å². The standard InChI is InChI=1S/C15H19NO3/c1-11(17)12-6-7-14(19-2)13(9-12)10-16-8-4-3-5-15(16)18/h6-7,9H,3-5,8,10H2,1-2H3. The number of rotatable bonds is 4. The van der Waals surface area contributed by atoms with Crippen molar-refractivity contribution in [1.82, 2.24) is 4.90 Å². The van der Waals surface area contributed by atoms with E-state index in [9.17, 15) is 9.59 Å². The SMILES string of the molecule is COc1ccc(C(C)=O)cc1CN1CCCCC1=O. The monoisotopic (exact) mass is 261 g/mol. The van der Waals surface area contributed by atoms with E-state index < -0.39 is 0 Å². The van der Waals surface area contributed by atoms with Crippen molar-refractivity contribution in [2.75, 3.05) is 13.7 Å². The quantitative estimate of drug-likeness (QED) is 0.782. The zero-order valence-electron chi connectivity index (χ0n) is 11.4. The number of carbonyl (C=O) groups excluding carboxylic acids is 2. The van der Waals surface area contributed by atoms with Gasteiger partial charge >= 0.3 is 0 Å². The van der Waals surface area contributed by atoms with Crippen LogP contribution in [0.1, 0.15) is 42.1 Å². The Labute approximate surface area is 113 Å². The molecular weight excluding hydrogens is 242 g/mol. The summed E-state index contributed by atoms with van der Waals surface area (Å²) in [6.45, 7) is 2.84. The third-order valence-corrected chi connectivity index (χ3v) is 3.47. The molecule has 1 amide bonds. The van der Waals surface area contributed by atoms with Gasteiger partial charge in [0.05, 0.1) is 7.11 Å². The molecule has 102 valence electrons. The lowest BCUT2D eigenvalue weighted by atomic mass is 10.0. The van der Waals surface area contributed by atoms with Gasteiger partial charge < -0.3 is 9.64 Å². The number of Topliss-reactive ketones (excluding diaryl/α,β-unsaturated/α-hetero) is 1. The van der Waals surface area contributed by atoms with Gasteiger partial charge in [0, 0.05) is 30.6 Å². The van der Waals surface area contributed by atoms with Gasteiger partial charge in [-0.3, -0.25) is 9.59 Å². The molecule has 1 fully saturated rings. The van der Waals surface area contributed by atoms with E-state index in [0.717, 1.165) is 30.7 Å². The Morgan fingerprint density at radius 1 is 1.37 bits per heavy atom. The van der Waals surface area contributed by atoms with Gasteiger partial charge in [-0.2, -0.15) is 0 Å². The highest BCUT2D eigenvalue weighted by atomic mass is 16.5. The summed E-state index contributed by atoms with van der Waals surface area (Å²) < 4.78 is 5.31. The molecule has 0 spiro atoms. The first-order chi connectivity index (χ1) is 9.11. The minimum Gasteiger partial charge on any atom is -0.496 e. The Bertz CT molecular complexity index is 496. The van der Waals surface area contributed by atoms with Gasteiger partial charge in [0.2, 0.25) is 5.91 Å². The Morgan fingerprint density at radius 2 is 2.16 bits per heavy atom. The molecule has 1 aliphatic rings. The fourth-order valence-electron chi connectivity index (χ4n) is 2.36. The number of hydrogen-bond donors (Lipinski definition) is 0. The van der Waals surface area contributed by atoms with Gasteiger partial charge in [-0.25, -0.2) is 0 Å². The average molecular weight is 261 g/mol. The molecule has 0 aliphatic carbocycles. The summed E-state index contributed by atoms with van der Waals surface area (Å²) in [5.41, 5.74) is 1.55. The zero-order chi connectivity index (χ0) is 13.8. The maximum atomic E-state index is 11.8. The normalized spacial score (nSPS) is 15.5. The van der Waals surface area contributed by atoms with Crippen LogP contribution in [0.3, 0.4) is 0 Å². The second kappa shape index (κ2) is 5.87. The van der Waals surface area contributed by atoms with Gasteiger partial charge in [0.15, 0.2) is 5.78 Å². The van der Waals surface area contributed by atoms with E-state index in [1.54, 1.807) is 19.2 Å². The smallest absolute Gasteiger partial charge is 0.222 e. The number of carbonyl (C=O) groups is 2. The van der Waals surface area contributed by atoms with Gasteiger partial charge in [0.1, 0.15) is 5.75 Å². The first-order valence-corrected chi connectivity index (χ1v) is 6.57. The number of amides is 1. The number of benzene rings is 1. The Balaban J connectivity index is 2.23. The van der Waals surface area contributed by atoms with Crippen molar-refractivity contribution in [3.05, 3.63) is 29.3 Å². The van der Waals surface area contributed by atoms with Crippen molar-refractivity contribution >= 4 is 11.7 Å². The largest absolute Gasteiger partial charge is 0.496 e. The summed E-state index contributed by atoms with van der Waals surface area (Å²) in [4.78, 5) is 25.1. The highest BCUT2D eigenvalue weighted by Crippen LogP contribution is 2.23. The van der Waals surface area contributed by atoms with Gasteiger partial charge in [0.25, 0.3) is 0 Å². The molecule has 19 heavy (non-hydrogen) atoms. The second-order valence-electron chi connectivity index (χ2n) is 4.86. The first-order valence-electron chi connectivity index (χ1n) is 6.57. The van der Waals surface area contributed by atoms with E-state index in [0.29, 0.717) is 18.5 Å². The highest BCUT2D eigenvalue weighted by Gasteiger charge is 2.19. The van der Waals surface area contributed by atoms with Crippen molar-refractivity contribution < 1.29 is 14.3 Å². The predicted molar refractivity (Wildman–Crippen MR) is 72.3 cm³/mol. The molecule has 1 aliphatic heterocycles. The number of ketones is 1. The molecule has 0 unspecified atom stereocenters. The third kappa shape index (κ3) is 3.13. The highest BCUT2D eigenvalue weighted by molar-refractivity contribution is 5.94. The van der Waals surface area contributed by atoms with E-state index in [1.165, 1.54) is 6.92 Å². The summed E-state index contributed by atoms with van der Waals surface area (Å²) in [7, 11) is 1.60. The number of hydrogen-bond acceptors (Lipinski definition) is 3. The summed E-state index contributed by atoms with van der Waals surface area (Å²) in [5, 5.41) is 0. The van der Waals surface area contributed by atoms with E-state index in [-0.39, 0.29) is 11.7 Å². The molecule has 4 nitrogen and oxygen atoms in total. The maximum absolute atomic E-state index is 11.8. The lowest BCUT2D eigenvalue weighted by molar-refractivity contribution is -0.133. The topological polar surface area (TPSA) is 46.6 Å². The third-order valence-electron chi connectivity index (χ3n) is 3.47. The molecule has 1 aromatic rings. The molecule has 0 bridgehead atoms. The second-order valence-corrected chi connectivity index (χ2v) is 4.86. The molecule has 1 aromatic carbocycles. The molecule has 0 atom stereocenters. The number of likely N-dealkylation sites (tertiary alicyclic amines) is 1. The van der Waals surface area contributed by atoms with Crippen LogP contribution in [0.4, 0.5) is 0 Å². The fraction of sp³-hybridized carbons (Fsp3) is 0.467. The van der Waals surface area contributed by atoms with Crippen molar-refractivity contribution in [3.63, 3.8) is 0 Å². The zero-order valence-corrected chi connectivity index (χ0v) is 11.4. The summed E-state index contributed by atoms with van der Waals surface area (Å²) >= 11 is 0. The van der Waals surface area contributed by atoms with Crippen LogP contribution in [-0.2, 0) is 11.3 Å². The molecule has 0 N–H and O–H groups in total. The molecule has 0 aromatic heterocycles. The van der Waals surface area contributed by atoms with Gasteiger partial charge in [-0.05, 0) is 38.0 Å². The first kappa shape index (κ1) is 13.6. The Kier molecular flexibility index (Phi) is 4.20. The van der Waals surface area contributed by atoms with Gasteiger partial charge in [-0.15, -0.1) is 0 Å². The fourth-order valence-corrected chi connectivity index (χ4v) is 2.36. The summed E-state index contributed by atoms with van der Waals surface area (Å²) in [6, 6.07) is 5.37. The van der Waals surface area contributed by atoms with Crippen LogP contribution in [0.2, 0.25) is 0 Å². The maximum Gasteiger partial charge on any atom is 0.222 e. The number of methoxy groups -OCH3 is 1. The summed E-state index contributed by atoms with van der Waals surface area (Å²) in [6.07, 6.45) is 2.63. The lowest BCUT2D eigenvalue weighted by Gasteiger charge is -2.27. The molecule has 4 heteroatoms. The minimum absolute atomic E-state index is 0.0221. The molecule has 1 saturated heterocycles.